The molecule has 1 fully saturated rings. The maximum atomic E-state index is 12.1. The quantitative estimate of drug-likeness (QED) is 0.0538. The fourth-order valence-electron chi connectivity index (χ4n) is 5.32. The second-order valence-electron chi connectivity index (χ2n) is 11.0. The minimum absolute atomic E-state index is 0.0229. The topological polar surface area (TPSA) is 170 Å². The van der Waals surface area contributed by atoms with Crippen molar-refractivity contribution in [2.45, 2.75) is 65.0 Å². The lowest BCUT2D eigenvalue weighted by Crippen LogP contribution is -2.14. The van der Waals surface area contributed by atoms with Gasteiger partial charge in [-0.2, -0.15) is 0 Å². The molecule has 0 spiro atoms. The predicted molar refractivity (Wildman–Crippen MR) is 175 cm³/mol. The summed E-state index contributed by atoms with van der Waals surface area (Å²) in [5, 5.41) is 22.1. The highest BCUT2D eigenvalue weighted by Gasteiger charge is 2.33. The summed E-state index contributed by atoms with van der Waals surface area (Å²) in [5.41, 5.74) is -1.93. The molecule has 0 amide bonds. The first-order chi connectivity index (χ1) is 22.5. The van der Waals surface area contributed by atoms with Crippen LogP contribution < -0.4 is 0 Å². The number of carbonyl (C=O) groups excluding carboxylic acids is 1. The molecule has 0 aliphatic heterocycles. The number of hydrogen-bond acceptors (Lipinski definition) is 9. The van der Waals surface area contributed by atoms with Crippen LogP contribution in [0.25, 0.3) is 0 Å². The largest absolute Gasteiger partial charge is 0.744 e. The molecule has 0 N–H and O–H groups in total. The van der Waals surface area contributed by atoms with Crippen molar-refractivity contribution < 1.29 is 32.3 Å². The third-order valence-corrected chi connectivity index (χ3v) is 10.8. The predicted octanol–water partition coefficient (Wildman–Crippen LogP) is 7.62. The number of nitro groups is 2. The van der Waals surface area contributed by atoms with E-state index < -0.39 is 47.8 Å². The Kier molecular flexibility index (Phi) is 12.2. The first-order valence-corrected chi connectivity index (χ1v) is 17.6. The first-order valence-electron chi connectivity index (χ1n) is 15.0. The maximum absolute atomic E-state index is 12.1. The van der Waals surface area contributed by atoms with Crippen LogP contribution in [0.5, 0.6) is 0 Å². The Morgan fingerprint density at radius 2 is 1.26 bits per heavy atom. The van der Waals surface area contributed by atoms with Crippen LogP contribution in [0.3, 0.4) is 0 Å². The number of aryl methyl sites for hydroxylation is 1. The number of benzene rings is 4. The highest BCUT2D eigenvalue weighted by atomic mass is 32.2. The van der Waals surface area contributed by atoms with Crippen LogP contribution in [0.1, 0.15) is 54.4 Å². The van der Waals surface area contributed by atoms with Gasteiger partial charge in [0, 0.05) is 12.1 Å². The van der Waals surface area contributed by atoms with E-state index in [2.05, 4.69) is 91.9 Å². The van der Waals surface area contributed by atoms with Crippen molar-refractivity contribution in [3.8, 4) is 0 Å². The molecule has 47 heavy (non-hydrogen) atoms. The molecule has 0 saturated heterocycles. The lowest BCUT2D eigenvalue weighted by atomic mass is 9.87. The lowest BCUT2D eigenvalue weighted by molar-refractivity contribution is -0.400. The maximum Gasteiger partial charge on any atom is 0.338 e. The summed E-state index contributed by atoms with van der Waals surface area (Å²) >= 11 is 0. The average molecular weight is 679 g/mol. The van der Waals surface area contributed by atoms with Gasteiger partial charge < -0.3 is 9.29 Å². The average Bonchev–Trinajstić information content (AvgIpc) is 3.06. The summed E-state index contributed by atoms with van der Waals surface area (Å²) in [4.78, 5) is 34.2. The highest BCUT2D eigenvalue weighted by Crippen LogP contribution is 2.35. The molecule has 1 aliphatic carbocycles. The number of esters is 1. The normalized spacial score (nSPS) is 13.3. The molecule has 0 bridgehead atoms. The minimum Gasteiger partial charge on any atom is -0.744 e. The van der Waals surface area contributed by atoms with Crippen molar-refractivity contribution in [3.63, 3.8) is 0 Å². The summed E-state index contributed by atoms with van der Waals surface area (Å²) in [6, 6.07) is 31.4. The minimum atomic E-state index is -5.51. The van der Waals surface area contributed by atoms with Crippen LogP contribution in [0.15, 0.2) is 117 Å². The zero-order chi connectivity index (χ0) is 34.0. The molecule has 5 rings (SSSR count). The van der Waals surface area contributed by atoms with E-state index in [1.54, 1.807) is 0 Å². The van der Waals surface area contributed by atoms with Gasteiger partial charge in [0.2, 0.25) is 4.90 Å². The highest BCUT2D eigenvalue weighted by molar-refractivity contribution is 7.97. The van der Waals surface area contributed by atoms with Crippen LogP contribution in [0.4, 0.5) is 11.4 Å². The Labute approximate surface area is 276 Å². The van der Waals surface area contributed by atoms with Crippen LogP contribution in [-0.2, 0) is 25.7 Å². The molecule has 1 aliphatic rings. The molecule has 0 heterocycles. The Morgan fingerprint density at radius 3 is 1.70 bits per heavy atom. The van der Waals surface area contributed by atoms with Crippen molar-refractivity contribution in [1.82, 2.24) is 0 Å². The van der Waals surface area contributed by atoms with Gasteiger partial charge in [-0.3, -0.25) is 20.2 Å². The van der Waals surface area contributed by atoms with Crippen molar-refractivity contribution in [2.24, 2.45) is 5.92 Å². The number of nitrogens with zero attached hydrogens (tertiary/aromatic N) is 2. The number of carbonyl (C=O) groups is 1. The van der Waals surface area contributed by atoms with Crippen LogP contribution in [-0.4, -0.2) is 35.4 Å². The smallest absolute Gasteiger partial charge is 0.338 e. The molecule has 0 atom stereocenters. The molecule has 0 aromatic heterocycles. The molecule has 0 unspecified atom stereocenters. The molecule has 4 aromatic carbocycles. The van der Waals surface area contributed by atoms with Crippen LogP contribution in [0.2, 0.25) is 0 Å². The van der Waals surface area contributed by atoms with Gasteiger partial charge in [-0.15, -0.1) is 0 Å². The van der Waals surface area contributed by atoms with E-state index in [0.29, 0.717) is 24.5 Å². The van der Waals surface area contributed by atoms with E-state index in [9.17, 15) is 38.0 Å². The van der Waals surface area contributed by atoms with E-state index in [0.717, 1.165) is 25.7 Å². The van der Waals surface area contributed by atoms with Gasteiger partial charge in [-0.1, -0.05) is 86.2 Å². The summed E-state index contributed by atoms with van der Waals surface area (Å²) < 4.78 is 38.7. The van der Waals surface area contributed by atoms with Crippen LogP contribution >= 0.6 is 0 Å². The standard InChI is InChI=1S/C19H17S.C15H18N2O9S/c1-16-12-14-19(15-13-16)20(17-8-4-2-5-9-17)18-10-6-3-7-11-18;18-15(26-7-6-10-4-2-1-3-5-10)11-8-12(16(19)20)14(27(23,24)25)13(9-11)17(21)22/h2-15H,1H3;8-10H,1-7H2,(H,23,24,25)/q+1;/p-1. The first kappa shape index (κ1) is 35.3. The fourth-order valence-corrected chi connectivity index (χ4v) is 8.18. The molecule has 11 nitrogen and oxygen atoms in total. The second kappa shape index (κ2) is 16.3. The zero-order valence-corrected chi connectivity index (χ0v) is 27.3. The molecular weight excluding hydrogens is 645 g/mol. The molecular formula is C34H34N2O9S2. The van der Waals surface area contributed by atoms with Gasteiger partial charge >= 0.3 is 5.97 Å². The van der Waals surface area contributed by atoms with Gasteiger partial charge in [0.15, 0.2) is 14.7 Å². The molecule has 246 valence electrons. The van der Waals surface area contributed by atoms with Gasteiger partial charge in [0.25, 0.3) is 11.4 Å². The Morgan fingerprint density at radius 1 is 0.787 bits per heavy atom. The van der Waals surface area contributed by atoms with Gasteiger partial charge in [-0.05, 0) is 55.7 Å². The molecule has 0 radical (unpaired) electrons. The Balaban J connectivity index is 0.000000221. The lowest BCUT2D eigenvalue weighted by Gasteiger charge is -2.21. The SMILES string of the molecule is Cc1ccc([S+](c2ccccc2)c2ccccc2)cc1.O=C(OCCC1CCCCC1)c1cc([N+](=O)[O-])c(S(=O)(=O)[O-])c([N+](=O)[O-])c1. The monoisotopic (exact) mass is 678 g/mol. The van der Waals surface area contributed by atoms with Crippen molar-refractivity contribution >= 4 is 38.4 Å². The zero-order valence-electron chi connectivity index (χ0n) is 25.6. The molecule has 1 saturated carbocycles. The van der Waals surface area contributed by atoms with Gasteiger partial charge in [0.1, 0.15) is 10.1 Å². The number of nitro benzene ring substituents is 2. The van der Waals surface area contributed by atoms with E-state index in [4.69, 9.17) is 4.74 Å². The van der Waals surface area contributed by atoms with Gasteiger partial charge in [-0.25, -0.2) is 13.2 Å². The summed E-state index contributed by atoms with van der Waals surface area (Å²) in [6.45, 7) is 2.17. The number of ether oxygens (including phenoxy) is 1. The second-order valence-corrected chi connectivity index (χ2v) is 14.3. The number of rotatable bonds is 10. The van der Waals surface area contributed by atoms with E-state index in [1.807, 2.05) is 0 Å². The van der Waals surface area contributed by atoms with E-state index in [1.165, 1.54) is 26.7 Å². The summed E-state index contributed by atoms with van der Waals surface area (Å²) in [6.07, 6.45) is 6.00. The fraction of sp³-hybridized carbons (Fsp3) is 0.265. The van der Waals surface area contributed by atoms with Crippen molar-refractivity contribution in [2.75, 3.05) is 6.61 Å². The Bertz CT molecular complexity index is 1720. The van der Waals surface area contributed by atoms with Crippen molar-refractivity contribution in [3.05, 3.63) is 128 Å². The molecule has 4 aromatic rings. The summed E-state index contributed by atoms with van der Waals surface area (Å²) in [7, 11) is -5.54. The van der Waals surface area contributed by atoms with Crippen molar-refractivity contribution in [1.29, 1.82) is 0 Å². The van der Waals surface area contributed by atoms with E-state index >= 15 is 0 Å². The third kappa shape index (κ3) is 9.70. The van der Waals surface area contributed by atoms with Crippen LogP contribution in [0, 0.1) is 33.1 Å². The number of hydrogen-bond donors (Lipinski definition) is 0. The Hall–Kier alpha value is -4.59. The summed E-state index contributed by atoms with van der Waals surface area (Å²) in [5.74, 6) is -0.657. The molecule has 13 heteroatoms. The van der Waals surface area contributed by atoms with Gasteiger partial charge in [0.05, 0.1) is 32.9 Å². The third-order valence-electron chi connectivity index (χ3n) is 7.63. The van der Waals surface area contributed by atoms with E-state index in [-0.39, 0.29) is 17.5 Å².